The Bertz CT molecular complexity index is 475. The van der Waals surface area contributed by atoms with E-state index in [2.05, 4.69) is 47.5 Å². The highest BCUT2D eigenvalue weighted by molar-refractivity contribution is 5.85. The molecule has 4 heteroatoms. The molecule has 1 amide bonds. The molecule has 22 heavy (non-hydrogen) atoms. The van der Waals surface area contributed by atoms with E-state index in [1.165, 1.54) is 12.0 Å². The van der Waals surface area contributed by atoms with E-state index in [4.69, 9.17) is 0 Å². The SMILES string of the molecule is CC(C(=O)N1CCCC(Cc2ccccc2)C1)C1CNC1.Cl. The van der Waals surface area contributed by atoms with Gasteiger partial charge in [-0.15, -0.1) is 12.4 Å². The largest absolute Gasteiger partial charge is 0.342 e. The van der Waals surface area contributed by atoms with Crippen LogP contribution in [0.3, 0.4) is 0 Å². The van der Waals surface area contributed by atoms with Crippen molar-refractivity contribution in [2.75, 3.05) is 26.2 Å². The normalized spacial score (nSPS) is 23.3. The number of rotatable bonds is 4. The van der Waals surface area contributed by atoms with Gasteiger partial charge >= 0.3 is 0 Å². The molecular weight excluding hydrogens is 296 g/mol. The number of hydrogen-bond donors (Lipinski definition) is 1. The van der Waals surface area contributed by atoms with Gasteiger partial charge in [-0.2, -0.15) is 0 Å². The van der Waals surface area contributed by atoms with E-state index in [0.29, 0.717) is 17.7 Å². The maximum Gasteiger partial charge on any atom is 0.225 e. The van der Waals surface area contributed by atoms with Crippen molar-refractivity contribution in [3.8, 4) is 0 Å². The van der Waals surface area contributed by atoms with Crippen LogP contribution in [-0.2, 0) is 11.2 Å². The summed E-state index contributed by atoms with van der Waals surface area (Å²) < 4.78 is 0. The number of carbonyl (C=O) groups excluding carboxylic acids is 1. The van der Waals surface area contributed by atoms with Gasteiger partial charge in [-0.1, -0.05) is 37.3 Å². The van der Waals surface area contributed by atoms with Crippen molar-refractivity contribution in [2.24, 2.45) is 17.8 Å². The van der Waals surface area contributed by atoms with E-state index in [0.717, 1.165) is 39.0 Å². The second-order valence-electron chi connectivity index (χ2n) is 6.69. The first-order valence-corrected chi connectivity index (χ1v) is 8.27. The number of nitrogens with zero attached hydrogens (tertiary/aromatic N) is 1. The van der Waals surface area contributed by atoms with Crippen molar-refractivity contribution < 1.29 is 4.79 Å². The minimum atomic E-state index is 0. The first-order chi connectivity index (χ1) is 10.2. The highest BCUT2D eigenvalue weighted by Crippen LogP contribution is 2.25. The Morgan fingerprint density at radius 2 is 2.05 bits per heavy atom. The van der Waals surface area contributed by atoms with Crippen LogP contribution < -0.4 is 5.32 Å². The summed E-state index contributed by atoms with van der Waals surface area (Å²) in [6.45, 7) is 6.02. The van der Waals surface area contributed by atoms with Crippen molar-refractivity contribution >= 4 is 18.3 Å². The molecule has 0 saturated carbocycles. The summed E-state index contributed by atoms with van der Waals surface area (Å²) in [6.07, 6.45) is 3.50. The molecule has 1 aromatic rings. The Balaban J connectivity index is 0.00000176. The fourth-order valence-electron chi connectivity index (χ4n) is 3.53. The number of benzene rings is 1. The molecule has 0 aliphatic carbocycles. The van der Waals surface area contributed by atoms with E-state index in [1.54, 1.807) is 0 Å². The molecule has 0 bridgehead atoms. The van der Waals surface area contributed by atoms with Gasteiger partial charge in [0.2, 0.25) is 5.91 Å². The summed E-state index contributed by atoms with van der Waals surface area (Å²) >= 11 is 0. The fourth-order valence-corrected chi connectivity index (χ4v) is 3.53. The Morgan fingerprint density at radius 3 is 2.68 bits per heavy atom. The van der Waals surface area contributed by atoms with E-state index in [1.807, 2.05) is 0 Å². The lowest BCUT2D eigenvalue weighted by Gasteiger charge is -2.38. The van der Waals surface area contributed by atoms with E-state index < -0.39 is 0 Å². The minimum absolute atomic E-state index is 0. The highest BCUT2D eigenvalue weighted by Gasteiger charge is 2.33. The van der Waals surface area contributed by atoms with Crippen molar-refractivity contribution in [3.05, 3.63) is 35.9 Å². The summed E-state index contributed by atoms with van der Waals surface area (Å²) in [6, 6.07) is 10.7. The summed E-state index contributed by atoms with van der Waals surface area (Å²) in [5.74, 6) is 1.73. The van der Waals surface area contributed by atoms with E-state index in [9.17, 15) is 4.79 Å². The van der Waals surface area contributed by atoms with E-state index >= 15 is 0 Å². The molecule has 2 atom stereocenters. The molecule has 0 radical (unpaired) electrons. The second kappa shape index (κ2) is 7.98. The molecule has 2 aliphatic rings. The summed E-state index contributed by atoms with van der Waals surface area (Å²) in [7, 11) is 0. The van der Waals surface area contributed by atoms with Crippen LogP contribution in [0.25, 0.3) is 0 Å². The fraction of sp³-hybridized carbons (Fsp3) is 0.611. The maximum atomic E-state index is 12.6. The molecule has 2 heterocycles. The van der Waals surface area contributed by atoms with Crippen LogP contribution in [0.4, 0.5) is 0 Å². The quantitative estimate of drug-likeness (QED) is 0.924. The molecular formula is C18H27ClN2O. The summed E-state index contributed by atoms with van der Waals surface area (Å²) in [5, 5.41) is 3.27. The number of likely N-dealkylation sites (tertiary alicyclic amines) is 1. The molecule has 2 aliphatic heterocycles. The predicted molar refractivity (Wildman–Crippen MR) is 92.2 cm³/mol. The molecule has 1 aromatic carbocycles. The Hall–Kier alpha value is -1.06. The molecule has 0 spiro atoms. The molecule has 2 fully saturated rings. The van der Waals surface area contributed by atoms with Crippen molar-refractivity contribution in [1.29, 1.82) is 0 Å². The number of carbonyl (C=O) groups is 1. The van der Waals surface area contributed by atoms with Crippen LogP contribution in [0.1, 0.15) is 25.3 Å². The number of nitrogens with one attached hydrogen (secondary N) is 1. The zero-order valence-electron chi connectivity index (χ0n) is 13.3. The van der Waals surface area contributed by atoms with E-state index in [-0.39, 0.29) is 18.3 Å². The number of amides is 1. The smallest absolute Gasteiger partial charge is 0.225 e. The Labute approximate surface area is 139 Å². The van der Waals surface area contributed by atoms with Gasteiger partial charge in [-0.05, 0) is 49.8 Å². The Kier molecular flexibility index (Phi) is 6.27. The average molecular weight is 323 g/mol. The molecule has 2 saturated heterocycles. The average Bonchev–Trinajstić information content (AvgIpc) is 2.46. The zero-order chi connectivity index (χ0) is 14.7. The molecule has 1 N–H and O–H groups in total. The first-order valence-electron chi connectivity index (χ1n) is 8.27. The van der Waals surface area contributed by atoms with Crippen molar-refractivity contribution in [1.82, 2.24) is 10.2 Å². The highest BCUT2D eigenvalue weighted by atomic mass is 35.5. The van der Waals surface area contributed by atoms with Gasteiger partial charge < -0.3 is 10.2 Å². The predicted octanol–water partition coefficient (Wildman–Crippen LogP) is 2.75. The van der Waals surface area contributed by atoms with Gasteiger partial charge in [0.15, 0.2) is 0 Å². The monoisotopic (exact) mass is 322 g/mol. The summed E-state index contributed by atoms with van der Waals surface area (Å²) in [5.41, 5.74) is 1.40. The Morgan fingerprint density at radius 1 is 1.32 bits per heavy atom. The first kappa shape index (κ1) is 17.3. The van der Waals surface area contributed by atoms with Crippen LogP contribution in [0, 0.1) is 17.8 Å². The lowest BCUT2D eigenvalue weighted by atomic mass is 9.86. The zero-order valence-corrected chi connectivity index (χ0v) is 14.1. The van der Waals surface area contributed by atoms with Crippen LogP contribution in [-0.4, -0.2) is 37.0 Å². The van der Waals surface area contributed by atoms with Crippen LogP contribution in [0.15, 0.2) is 30.3 Å². The molecule has 0 aromatic heterocycles. The van der Waals surface area contributed by atoms with Crippen LogP contribution in [0.2, 0.25) is 0 Å². The van der Waals surface area contributed by atoms with Crippen LogP contribution in [0.5, 0.6) is 0 Å². The standard InChI is InChI=1S/C18H26N2O.ClH/c1-14(17-11-19-12-17)18(21)20-9-5-8-16(13-20)10-15-6-3-2-4-7-15;/h2-4,6-7,14,16-17,19H,5,8-13H2,1H3;1H. The number of piperidine rings is 1. The van der Waals surface area contributed by atoms with Crippen LogP contribution >= 0.6 is 12.4 Å². The van der Waals surface area contributed by atoms with Crippen molar-refractivity contribution in [2.45, 2.75) is 26.2 Å². The van der Waals surface area contributed by atoms with Gasteiger partial charge in [-0.25, -0.2) is 0 Å². The third kappa shape index (κ3) is 4.02. The molecule has 3 rings (SSSR count). The molecule has 122 valence electrons. The topological polar surface area (TPSA) is 32.3 Å². The lowest BCUT2D eigenvalue weighted by Crippen LogP contribution is -2.52. The lowest BCUT2D eigenvalue weighted by molar-refractivity contribution is -0.139. The maximum absolute atomic E-state index is 12.6. The third-order valence-corrected chi connectivity index (χ3v) is 5.11. The number of halogens is 1. The minimum Gasteiger partial charge on any atom is -0.342 e. The van der Waals surface area contributed by atoms with Gasteiger partial charge in [0.25, 0.3) is 0 Å². The molecule has 3 nitrogen and oxygen atoms in total. The van der Waals surface area contributed by atoms with Gasteiger partial charge in [-0.3, -0.25) is 4.79 Å². The van der Waals surface area contributed by atoms with Crippen molar-refractivity contribution in [3.63, 3.8) is 0 Å². The van der Waals surface area contributed by atoms with Gasteiger partial charge in [0.05, 0.1) is 0 Å². The second-order valence-corrected chi connectivity index (χ2v) is 6.69. The van der Waals surface area contributed by atoms with Gasteiger partial charge in [0.1, 0.15) is 0 Å². The van der Waals surface area contributed by atoms with Gasteiger partial charge in [0, 0.05) is 19.0 Å². The third-order valence-electron chi connectivity index (χ3n) is 5.11. The summed E-state index contributed by atoms with van der Waals surface area (Å²) in [4.78, 5) is 14.8. The molecule has 2 unspecified atom stereocenters. The number of hydrogen-bond acceptors (Lipinski definition) is 2.